The minimum atomic E-state index is -0.0316. The quantitative estimate of drug-likeness (QED) is 0.752. The number of rotatable bonds is 5. The van der Waals surface area contributed by atoms with Crippen molar-refractivity contribution in [1.29, 1.82) is 0 Å². The van der Waals surface area contributed by atoms with Gasteiger partial charge in [0, 0.05) is 5.56 Å². The summed E-state index contributed by atoms with van der Waals surface area (Å²) in [6, 6.07) is 18.0. The topological polar surface area (TPSA) is 29.5 Å². The summed E-state index contributed by atoms with van der Waals surface area (Å²) in [4.78, 5) is 0. The first-order valence-electron chi connectivity index (χ1n) is 6.80. The molecule has 0 aliphatic carbocycles. The van der Waals surface area contributed by atoms with Crippen molar-refractivity contribution in [2.24, 2.45) is 0 Å². The van der Waals surface area contributed by atoms with Crippen LogP contribution in [0.3, 0.4) is 0 Å². The van der Waals surface area contributed by atoms with E-state index >= 15 is 0 Å². The highest BCUT2D eigenvalue weighted by molar-refractivity contribution is 7.08. The predicted molar refractivity (Wildman–Crippen MR) is 86.5 cm³/mol. The van der Waals surface area contributed by atoms with E-state index in [1.165, 1.54) is 0 Å². The molecule has 3 heteroatoms. The fourth-order valence-corrected chi connectivity index (χ4v) is 2.94. The first kappa shape index (κ1) is 13.9. The number of hydrogen-bond donors (Lipinski definition) is 1. The Bertz CT molecular complexity index is 691. The summed E-state index contributed by atoms with van der Waals surface area (Å²) in [5, 5.41) is 13.8. The van der Waals surface area contributed by atoms with Crippen molar-refractivity contribution < 1.29 is 9.84 Å². The number of aliphatic hydroxyl groups excluding tert-OH is 1. The van der Waals surface area contributed by atoms with Gasteiger partial charge in [-0.1, -0.05) is 42.5 Å². The fraction of sp³-hybridized carbons (Fsp3) is 0.111. The van der Waals surface area contributed by atoms with Gasteiger partial charge in [0.1, 0.15) is 12.4 Å². The molecule has 0 unspecified atom stereocenters. The van der Waals surface area contributed by atoms with Gasteiger partial charge in [0.2, 0.25) is 0 Å². The Morgan fingerprint density at radius 2 is 1.81 bits per heavy atom. The van der Waals surface area contributed by atoms with Crippen molar-refractivity contribution in [1.82, 2.24) is 0 Å². The molecular formula is C18H16O2S. The third-order valence-electron chi connectivity index (χ3n) is 3.36. The molecule has 0 saturated heterocycles. The van der Waals surface area contributed by atoms with E-state index < -0.39 is 0 Å². The Labute approximate surface area is 128 Å². The lowest BCUT2D eigenvalue weighted by Gasteiger charge is -2.13. The molecule has 1 heterocycles. The van der Waals surface area contributed by atoms with Gasteiger partial charge in [-0.2, -0.15) is 11.3 Å². The van der Waals surface area contributed by atoms with Gasteiger partial charge in [-0.25, -0.2) is 0 Å². The molecule has 3 rings (SSSR count). The number of benzene rings is 2. The second-order valence-electron chi connectivity index (χ2n) is 4.73. The van der Waals surface area contributed by atoms with Gasteiger partial charge in [-0.05, 0) is 39.6 Å². The van der Waals surface area contributed by atoms with Crippen molar-refractivity contribution in [3.63, 3.8) is 0 Å². The van der Waals surface area contributed by atoms with Gasteiger partial charge in [0.05, 0.1) is 6.61 Å². The lowest BCUT2D eigenvalue weighted by molar-refractivity contribution is 0.259. The highest BCUT2D eigenvalue weighted by Gasteiger charge is 2.11. The van der Waals surface area contributed by atoms with Gasteiger partial charge in [-0.15, -0.1) is 0 Å². The number of hydrogen-bond acceptors (Lipinski definition) is 3. The van der Waals surface area contributed by atoms with Crippen molar-refractivity contribution in [3.8, 4) is 16.9 Å². The fourth-order valence-electron chi connectivity index (χ4n) is 2.29. The summed E-state index contributed by atoms with van der Waals surface area (Å²) in [7, 11) is 0. The second kappa shape index (κ2) is 6.57. The van der Waals surface area contributed by atoms with Crippen LogP contribution in [-0.2, 0) is 13.2 Å². The monoisotopic (exact) mass is 296 g/mol. The number of ether oxygens (including phenoxy) is 1. The van der Waals surface area contributed by atoms with Crippen LogP contribution in [0.4, 0.5) is 0 Å². The maximum atomic E-state index is 9.72. The van der Waals surface area contributed by atoms with E-state index in [4.69, 9.17) is 4.74 Å². The maximum absolute atomic E-state index is 9.72. The Balaban J connectivity index is 1.87. The van der Waals surface area contributed by atoms with E-state index in [1.807, 2.05) is 53.9 Å². The Morgan fingerprint density at radius 1 is 0.952 bits per heavy atom. The molecule has 0 aliphatic rings. The molecule has 1 aromatic heterocycles. The minimum absolute atomic E-state index is 0.0316. The van der Waals surface area contributed by atoms with Gasteiger partial charge in [-0.3, -0.25) is 0 Å². The first-order chi connectivity index (χ1) is 10.4. The SMILES string of the molecule is OCc1c(OCc2ccccc2)cccc1-c1ccsc1. The van der Waals surface area contributed by atoms with Crippen LogP contribution in [0.25, 0.3) is 11.1 Å². The molecule has 2 aromatic carbocycles. The molecule has 0 radical (unpaired) electrons. The van der Waals surface area contributed by atoms with Crippen molar-refractivity contribution in [2.45, 2.75) is 13.2 Å². The zero-order valence-electron chi connectivity index (χ0n) is 11.5. The zero-order valence-corrected chi connectivity index (χ0v) is 12.3. The summed E-state index contributed by atoms with van der Waals surface area (Å²) in [5.41, 5.74) is 4.10. The Kier molecular flexibility index (Phi) is 4.34. The largest absolute Gasteiger partial charge is 0.489 e. The van der Waals surface area contributed by atoms with E-state index in [0.29, 0.717) is 6.61 Å². The van der Waals surface area contributed by atoms with E-state index in [2.05, 4.69) is 11.4 Å². The highest BCUT2D eigenvalue weighted by atomic mass is 32.1. The molecule has 2 nitrogen and oxygen atoms in total. The lowest BCUT2D eigenvalue weighted by atomic mass is 10.0. The molecule has 0 bridgehead atoms. The molecule has 106 valence electrons. The Hall–Kier alpha value is -2.10. The average Bonchev–Trinajstić information content (AvgIpc) is 3.07. The summed E-state index contributed by atoms with van der Waals surface area (Å²) in [6.07, 6.45) is 0. The Morgan fingerprint density at radius 3 is 2.52 bits per heavy atom. The summed E-state index contributed by atoms with van der Waals surface area (Å²) < 4.78 is 5.90. The molecule has 3 aromatic rings. The summed E-state index contributed by atoms with van der Waals surface area (Å²) in [5.74, 6) is 0.741. The van der Waals surface area contributed by atoms with Gasteiger partial charge < -0.3 is 9.84 Å². The summed E-state index contributed by atoms with van der Waals surface area (Å²) in [6.45, 7) is 0.469. The zero-order chi connectivity index (χ0) is 14.5. The standard InChI is InChI=1S/C18H16O2S/c19-11-17-16(15-9-10-21-13-15)7-4-8-18(17)20-12-14-5-2-1-3-6-14/h1-10,13,19H,11-12H2. The van der Waals surface area contributed by atoms with Crippen molar-refractivity contribution in [2.75, 3.05) is 0 Å². The predicted octanol–water partition coefficient (Wildman–Crippen LogP) is 4.49. The van der Waals surface area contributed by atoms with Crippen LogP contribution in [0, 0.1) is 0 Å². The van der Waals surface area contributed by atoms with Crippen LogP contribution in [0.5, 0.6) is 5.75 Å². The maximum Gasteiger partial charge on any atom is 0.125 e. The van der Waals surface area contributed by atoms with Crippen LogP contribution in [-0.4, -0.2) is 5.11 Å². The third-order valence-corrected chi connectivity index (χ3v) is 4.04. The highest BCUT2D eigenvalue weighted by Crippen LogP contribution is 2.32. The van der Waals surface area contributed by atoms with Gasteiger partial charge >= 0.3 is 0 Å². The van der Waals surface area contributed by atoms with Gasteiger partial charge in [0.15, 0.2) is 0 Å². The smallest absolute Gasteiger partial charge is 0.125 e. The van der Waals surface area contributed by atoms with Crippen molar-refractivity contribution in [3.05, 3.63) is 76.5 Å². The van der Waals surface area contributed by atoms with Crippen molar-refractivity contribution >= 4 is 11.3 Å². The van der Waals surface area contributed by atoms with E-state index in [0.717, 1.165) is 28.0 Å². The van der Waals surface area contributed by atoms with Crippen LogP contribution >= 0.6 is 11.3 Å². The molecule has 21 heavy (non-hydrogen) atoms. The van der Waals surface area contributed by atoms with E-state index in [-0.39, 0.29) is 6.61 Å². The van der Waals surface area contributed by atoms with Crippen LogP contribution in [0.15, 0.2) is 65.4 Å². The van der Waals surface area contributed by atoms with Gasteiger partial charge in [0.25, 0.3) is 0 Å². The lowest BCUT2D eigenvalue weighted by Crippen LogP contribution is -2.00. The second-order valence-corrected chi connectivity index (χ2v) is 5.51. The van der Waals surface area contributed by atoms with Crippen LogP contribution in [0.2, 0.25) is 0 Å². The molecular weight excluding hydrogens is 280 g/mol. The van der Waals surface area contributed by atoms with E-state index in [9.17, 15) is 5.11 Å². The molecule has 0 saturated carbocycles. The summed E-state index contributed by atoms with van der Waals surface area (Å²) >= 11 is 1.65. The third kappa shape index (κ3) is 3.15. The number of aliphatic hydroxyl groups is 1. The van der Waals surface area contributed by atoms with E-state index in [1.54, 1.807) is 11.3 Å². The number of thiophene rings is 1. The molecule has 0 atom stereocenters. The molecule has 0 fully saturated rings. The van der Waals surface area contributed by atoms with Crippen LogP contribution in [0.1, 0.15) is 11.1 Å². The molecule has 1 N–H and O–H groups in total. The molecule has 0 spiro atoms. The first-order valence-corrected chi connectivity index (χ1v) is 7.75. The van der Waals surface area contributed by atoms with Crippen LogP contribution < -0.4 is 4.74 Å². The average molecular weight is 296 g/mol. The molecule has 0 amide bonds. The minimum Gasteiger partial charge on any atom is -0.489 e. The normalized spacial score (nSPS) is 10.5. The molecule has 0 aliphatic heterocycles.